The van der Waals surface area contributed by atoms with Gasteiger partial charge in [-0.3, -0.25) is 4.79 Å². The number of hydrogen-bond acceptors (Lipinski definition) is 6. The fourth-order valence-corrected chi connectivity index (χ4v) is 4.44. The molecule has 3 aromatic rings. The third-order valence-electron chi connectivity index (χ3n) is 3.24. The average molecular weight is 382 g/mol. The molecule has 0 saturated heterocycles. The van der Waals surface area contributed by atoms with Gasteiger partial charge in [-0.15, -0.1) is 22.7 Å². The standard InChI is InChI=1S/C15H14N2O4S3/c16-24(19,20)14-7-11(10-23-14)15(18)17(8-12-3-1-5-21-12)9-13-4-2-6-22-13/h1-7,10H,8-9H2,(H2,16,19,20). The highest BCUT2D eigenvalue weighted by Gasteiger charge is 2.21. The van der Waals surface area contributed by atoms with Crippen LogP contribution in [0.1, 0.15) is 21.0 Å². The summed E-state index contributed by atoms with van der Waals surface area (Å²) in [5.41, 5.74) is 0.298. The minimum absolute atomic E-state index is 0.0278. The highest BCUT2D eigenvalue weighted by molar-refractivity contribution is 7.91. The van der Waals surface area contributed by atoms with Gasteiger partial charge in [0.25, 0.3) is 5.91 Å². The first-order valence-electron chi connectivity index (χ1n) is 6.89. The Morgan fingerprint density at radius 3 is 2.62 bits per heavy atom. The van der Waals surface area contributed by atoms with Crippen LogP contribution in [-0.2, 0) is 23.1 Å². The molecule has 0 radical (unpaired) electrons. The van der Waals surface area contributed by atoms with Crippen LogP contribution >= 0.6 is 22.7 Å². The molecule has 2 N–H and O–H groups in total. The van der Waals surface area contributed by atoms with Gasteiger partial charge in [0.2, 0.25) is 10.0 Å². The summed E-state index contributed by atoms with van der Waals surface area (Å²) >= 11 is 2.49. The molecule has 24 heavy (non-hydrogen) atoms. The Hall–Kier alpha value is -1.94. The molecule has 0 aliphatic carbocycles. The summed E-state index contributed by atoms with van der Waals surface area (Å²) in [6.07, 6.45) is 1.55. The Bertz CT molecular complexity index is 876. The van der Waals surface area contributed by atoms with E-state index in [0.717, 1.165) is 16.2 Å². The highest BCUT2D eigenvalue weighted by atomic mass is 32.2. The van der Waals surface area contributed by atoms with E-state index in [1.807, 2.05) is 17.5 Å². The van der Waals surface area contributed by atoms with Crippen LogP contribution in [0.5, 0.6) is 0 Å². The second kappa shape index (κ2) is 6.89. The predicted molar refractivity (Wildman–Crippen MR) is 92.3 cm³/mol. The SMILES string of the molecule is NS(=O)(=O)c1cc(C(=O)N(Cc2ccco2)Cc2cccs2)cs1. The van der Waals surface area contributed by atoms with Crippen molar-refractivity contribution in [3.05, 3.63) is 63.6 Å². The fourth-order valence-electron chi connectivity index (χ4n) is 2.14. The first-order chi connectivity index (χ1) is 11.4. The maximum Gasteiger partial charge on any atom is 0.255 e. The van der Waals surface area contributed by atoms with Gasteiger partial charge in [0, 0.05) is 10.3 Å². The number of amides is 1. The highest BCUT2D eigenvalue weighted by Crippen LogP contribution is 2.23. The number of nitrogens with two attached hydrogens (primary N) is 1. The lowest BCUT2D eigenvalue weighted by molar-refractivity contribution is 0.0720. The molecule has 3 aromatic heterocycles. The molecule has 9 heteroatoms. The molecule has 0 fully saturated rings. The fraction of sp³-hybridized carbons (Fsp3) is 0.133. The Labute approximate surface area is 147 Å². The largest absolute Gasteiger partial charge is 0.467 e. The average Bonchev–Trinajstić information content (AvgIpc) is 3.27. The van der Waals surface area contributed by atoms with Crippen LogP contribution in [0.4, 0.5) is 0 Å². The number of carbonyl (C=O) groups is 1. The summed E-state index contributed by atoms with van der Waals surface area (Å²) in [6.45, 7) is 0.710. The quantitative estimate of drug-likeness (QED) is 0.709. The number of furan rings is 1. The van der Waals surface area contributed by atoms with Crippen LogP contribution in [-0.4, -0.2) is 19.2 Å². The molecule has 0 spiro atoms. The topological polar surface area (TPSA) is 93.6 Å². The summed E-state index contributed by atoms with van der Waals surface area (Å²) < 4.78 is 28.1. The summed E-state index contributed by atoms with van der Waals surface area (Å²) in [5, 5.41) is 8.55. The lowest BCUT2D eigenvalue weighted by Gasteiger charge is -2.20. The molecule has 0 saturated carbocycles. The second-order valence-corrected chi connectivity index (χ2v) is 8.75. The van der Waals surface area contributed by atoms with E-state index >= 15 is 0 Å². The van der Waals surface area contributed by atoms with Crippen LogP contribution in [0.3, 0.4) is 0 Å². The molecule has 0 bridgehead atoms. The first-order valence-corrected chi connectivity index (χ1v) is 10.2. The monoisotopic (exact) mass is 382 g/mol. The summed E-state index contributed by atoms with van der Waals surface area (Å²) in [7, 11) is -3.81. The number of hydrogen-bond donors (Lipinski definition) is 1. The van der Waals surface area contributed by atoms with Crippen molar-refractivity contribution in [3.8, 4) is 0 Å². The van der Waals surface area contributed by atoms with Crippen LogP contribution in [0.15, 0.2) is 56.0 Å². The van der Waals surface area contributed by atoms with Crippen LogP contribution in [0.2, 0.25) is 0 Å². The predicted octanol–water partition coefficient (Wildman–Crippen LogP) is 2.89. The molecular formula is C15H14N2O4S3. The maximum atomic E-state index is 12.8. The number of carbonyl (C=O) groups excluding carboxylic acids is 1. The zero-order valence-corrected chi connectivity index (χ0v) is 14.9. The Morgan fingerprint density at radius 2 is 2.04 bits per heavy atom. The van der Waals surface area contributed by atoms with E-state index in [2.05, 4.69) is 0 Å². The molecule has 0 aliphatic heterocycles. The summed E-state index contributed by atoms with van der Waals surface area (Å²) in [4.78, 5) is 15.4. The maximum absolute atomic E-state index is 12.8. The Balaban J connectivity index is 1.86. The van der Waals surface area contributed by atoms with Crippen molar-refractivity contribution in [1.29, 1.82) is 0 Å². The lowest BCUT2D eigenvalue weighted by atomic mass is 10.2. The van der Waals surface area contributed by atoms with Gasteiger partial charge in [0.05, 0.1) is 24.9 Å². The normalized spacial score (nSPS) is 11.5. The van der Waals surface area contributed by atoms with E-state index < -0.39 is 10.0 Å². The minimum atomic E-state index is -3.81. The lowest BCUT2D eigenvalue weighted by Crippen LogP contribution is -2.29. The van der Waals surface area contributed by atoms with Crippen molar-refractivity contribution in [2.75, 3.05) is 0 Å². The molecular weight excluding hydrogens is 368 g/mol. The second-order valence-electron chi connectivity index (χ2n) is 5.02. The van der Waals surface area contributed by atoms with E-state index in [1.165, 1.54) is 11.4 Å². The van der Waals surface area contributed by atoms with Crippen LogP contribution in [0, 0.1) is 0 Å². The number of nitrogens with zero attached hydrogens (tertiary/aromatic N) is 1. The van der Waals surface area contributed by atoms with E-state index in [4.69, 9.17) is 9.56 Å². The molecule has 0 unspecified atom stereocenters. The molecule has 0 aromatic carbocycles. The van der Waals surface area contributed by atoms with Gasteiger partial charge in [-0.05, 0) is 29.6 Å². The summed E-state index contributed by atoms with van der Waals surface area (Å²) in [5.74, 6) is 0.382. The van der Waals surface area contributed by atoms with E-state index in [9.17, 15) is 13.2 Å². The molecule has 6 nitrogen and oxygen atoms in total. The zero-order chi connectivity index (χ0) is 17.2. The van der Waals surface area contributed by atoms with Gasteiger partial charge in [0.1, 0.15) is 9.97 Å². The molecule has 3 rings (SSSR count). The van der Waals surface area contributed by atoms with Gasteiger partial charge >= 0.3 is 0 Å². The van der Waals surface area contributed by atoms with E-state index in [-0.39, 0.29) is 10.1 Å². The third-order valence-corrected chi connectivity index (χ3v) is 6.49. The number of rotatable bonds is 6. The molecule has 3 heterocycles. The number of thiophene rings is 2. The van der Waals surface area contributed by atoms with Crippen molar-refractivity contribution >= 4 is 38.6 Å². The number of primary sulfonamides is 1. The van der Waals surface area contributed by atoms with Crippen LogP contribution < -0.4 is 5.14 Å². The first kappa shape index (κ1) is 16.9. The Kier molecular flexibility index (Phi) is 4.86. The minimum Gasteiger partial charge on any atom is -0.467 e. The van der Waals surface area contributed by atoms with E-state index in [0.29, 0.717) is 24.4 Å². The smallest absolute Gasteiger partial charge is 0.255 e. The van der Waals surface area contributed by atoms with Gasteiger partial charge in [0.15, 0.2) is 0 Å². The van der Waals surface area contributed by atoms with Crippen molar-refractivity contribution in [2.24, 2.45) is 5.14 Å². The van der Waals surface area contributed by atoms with Crippen LogP contribution in [0.25, 0.3) is 0 Å². The van der Waals surface area contributed by atoms with Crippen molar-refractivity contribution in [3.63, 3.8) is 0 Å². The van der Waals surface area contributed by atoms with Gasteiger partial charge in [-0.25, -0.2) is 13.6 Å². The van der Waals surface area contributed by atoms with Crippen molar-refractivity contribution in [2.45, 2.75) is 17.3 Å². The molecule has 0 aliphatic rings. The summed E-state index contributed by atoms with van der Waals surface area (Å²) in [6, 6.07) is 8.71. The van der Waals surface area contributed by atoms with Crippen molar-refractivity contribution < 1.29 is 17.6 Å². The Morgan fingerprint density at radius 1 is 1.21 bits per heavy atom. The van der Waals surface area contributed by atoms with Gasteiger partial charge in [-0.2, -0.15) is 0 Å². The van der Waals surface area contributed by atoms with Gasteiger partial charge < -0.3 is 9.32 Å². The molecule has 1 amide bonds. The van der Waals surface area contributed by atoms with Gasteiger partial charge in [-0.1, -0.05) is 6.07 Å². The van der Waals surface area contributed by atoms with E-state index in [1.54, 1.807) is 34.6 Å². The third kappa shape index (κ3) is 3.93. The van der Waals surface area contributed by atoms with Crippen molar-refractivity contribution in [1.82, 2.24) is 4.90 Å². The zero-order valence-electron chi connectivity index (χ0n) is 12.4. The molecule has 0 atom stereocenters. The number of sulfonamides is 1. The molecule has 126 valence electrons.